The van der Waals surface area contributed by atoms with E-state index in [1.165, 1.54) is 4.90 Å². The summed E-state index contributed by atoms with van der Waals surface area (Å²) in [6, 6.07) is 5.12. The van der Waals surface area contributed by atoms with Gasteiger partial charge in [-0.2, -0.15) is 0 Å². The third kappa shape index (κ3) is 2.97. The number of rotatable bonds is 1. The van der Waals surface area contributed by atoms with Gasteiger partial charge in [0.1, 0.15) is 11.9 Å². The van der Waals surface area contributed by atoms with Crippen LogP contribution in [0.25, 0.3) is 0 Å². The Morgan fingerprint density at radius 3 is 2.74 bits per heavy atom. The predicted molar refractivity (Wildman–Crippen MR) is 76.4 cm³/mol. The zero-order valence-electron chi connectivity index (χ0n) is 11.1. The number of fused-ring (bicyclic) bond motifs is 1. The van der Waals surface area contributed by atoms with Gasteiger partial charge in [0.15, 0.2) is 0 Å². The Hall–Kier alpha value is -1.36. The molecule has 0 saturated carbocycles. The molecular weight excluding hydrogens is 310 g/mol. The highest BCUT2D eigenvalue weighted by Gasteiger charge is 2.36. The van der Waals surface area contributed by atoms with E-state index in [1.807, 2.05) is 18.2 Å². The zero-order chi connectivity index (χ0) is 14.2. The first-order valence-corrected chi connectivity index (χ1v) is 6.87. The zero-order valence-corrected chi connectivity index (χ0v) is 12.7. The number of nitrogens with zero attached hydrogens (tertiary/aromatic N) is 1. The van der Waals surface area contributed by atoms with Gasteiger partial charge in [0.05, 0.1) is 11.7 Å². The van der Waals surface area contributed by atoms with E-state index in [1.54, 1.807) is 20.8 Å². The van der Waals surface area contributed by atoms with Crippen molar-refractivity contribution in [1.29, 1.82) is 0 Å². The van der Waals surface area contributed by atoms with Gasteiger partial charge in [0.2, 0.25) is 0 Å². The molecule has 0 aliphatic carbocycles. The largest absolute Gasteiger partial charge is 0.443 e. The van der Waals surface area contributed by atoms with E-state index in [4.69, 9.17) is 4.74 Å². The van der Waals surface area contributed by atoms with Crippen LogP contribution in [0.5, 0.6) is 0 Å². The lowest BCUT2D eigenvalue weighted by Gasteiger charge is -2.27. The maximum atomic E-state index is 12.2. The molecule has 1 aliphatic heterocycles. The molecule has 1 aromatic rings. The van der Waals surface area contributed by atoms with Gasteiger partial charge >= 0.3 is 6.09 Å². The lowest BCUT2D eigenvalue weighted by Crippen LogP contribution is -2.42. The Balaban J connectivity index is 2.33. The summed E-state index contributed by atoms with van der Waals surface area (Å²) in [6.45, 7) is 5.41. The van der Waals surface area contributed by atoms with Crippen molar-refractivity contribution in [3.8, 4) is 0 Å². The second-order valence-electron chi connectivity index (χ2n) is 5.53. The Labute approximate surface area is 120 Å². The van der Waals surface area contributed by atoms with Crippen LogP contribution in [0.3, 0.4) is 0 Å². The molecule has 1 atom stereocenters. The predicted octanol–water partition coefficient (Wildman–Crippen LogP) is 3.31. The van der Waals surface area contributed by atoms with Crippen molar-refractivity contribution in [2.45, 2.75) is 38.8 Å². The van der Waals surface area contributed by atoms with Crippen molar-refractivity contribution >= 4 is 34.0 Å². The van der Waals surface area contributed by atoms with Crippen LogP contribution in [-0.4, -0.2) is 24.0 Å². The van der Waals surface area contributed by atoms with Gasteiger partial charge in [-0.15, -0.1) is 0 Å². The normalized spacial score (nSPS) is 18.1. The first-order chi connectivity index (χ1) is 8.81. The maximum absolute atomic E-state index is 12.2. The fraction of sp³-hybridized carbons (Fsp3) is 0.429. The third-order valence-electron chi connectivity index (χ3n) is 2.81. The third-order valence-corrected chi connectivity index (χ3v) is 3.30. The quantitative estimate of drug-likeness (QED) is 0.744. The Morgan fingerprint density at radius 2 is 2.16 bits per heavy atom. The summed E-state index contributed by atoms with van der Waals surface area (Å²) in [5.41, 5.74) is 1.13. The Bertz CT molecular complexity index is 522. The molecule has 1 heterocycles. The number of benzene rings is 1. The van der Waals surface area contributed by atoms with Crippen molar-refractivity contribution in [3.63, 3.8) is 0 Å². The molecule has 1 unspecified atom stereocenters. The van der Waals surface area contributed by atoms with Gasteiger partial charge in [-0.25, -0.2) is 4.79 Å². The average Bonchev–Trinajstić information content (AvgIpc) is 2.63. The van der Waals surface area contributed by atoms with E-state index in [2.05, 4.69) is 15.9 Å². The fourth-order valence-corrected chi connectivity index (χ4v) is 2.51. The minimum atomic E-state index is -0.581. The summed E-state index contributed by atoms with van der Waals surface area (Å²) < 4.78 is 6.29. The second kappa shape index (κ2) is 4.96. The van der Waals surface area contributed by atoms with Gasteiger partial charge in [-0.3, -0.25) is 4.90 Å². The number of anilines is 1. The van der Waals surface area contributed by atoms with Crippen molar-refractivity contribution in [1.82, 2.24) is 0 Å². The van der Waals surface area contributed by atoms with Crippen molar-refractivity contribution < 1.29 is 14.3 Å². The molecule has 4 nitrogen and oxygen atoms in total. The van der Waals surface area contributed by atoms with E-state index < -0.39 is 17.7 Å². The summed E-state index contributed by atoms with van der Waals surface area (Å²) in [5.74, 6) is 0. The van der Waals surface area contributed by atoms with Crippen LogP contribution in [0.2, 0.25) is 0 Å². The molecule has 5 heteroatoms. The summed E-state index contributed by atoms with van der Waals surface area (Å²) in [5, 5.41) is 0. The van der Waals surface area contributed by atoms with Gasteiger partial charge in [-0.1, -0.05) is 15.9 Å². The van der Waals surface area contributed by atoms with E-state index in [0.29, 0.717) is 6.42 Å². The molecular formula is C14H16BrNO3. The lowest BCUT2D eigenvalue weighted by atomic mass is 10.1. The number of ether oxygens (including phenoxy) is 1. The van der Waals surface area contributed by atoms with Crippen LogP contribution in [0.4, 0.5) is 10.5 Å². The smallest absolute Gasteiger partial charge is 0.415 e. The van der Waals surface area contributed by atoms with Crippen LogP contribution >= 0.6 is 15.9 Å². The number of carbonyl (C=O) groups is 2. The van der Waals surface area contributed by atoms with Crippen LogP contribution in [0.1, 0.15) is 26.3 Å². The number of amides is 1. The van der Waals surface area contributed by atoms with E-state index in [-0.39, 0.29) is 0 Å². The van der Waals surface area contributed by atoms with Crippen LogP contribution in [0.15, 0.2) is 22.7 Å². The first kappa shape index (κ1) is 14.1. The second-order valence-corrected chi connectivity index (χ2v) is 6.45. The molecule has 0 radical (unpaired) electrons. The van der Waals surface area contributed by atoms with E-state index in [0.717, 1.165) is 22.0 Å². The number of hydrogen-bond acceptors (Lipinski definition) is 3. The average molecular weight is 326 g/mol. The minimum Gasteiger partial charge on any atom is -0.443 e. The van der Waals surface area contributed by atoms with Crippen molar-refractivity contribution in [3.05, 3.63) is 28.2 Å². The van der Waals surface area contributed by atoms with E-state index >= 15 is 0 Å². The molecule has 0 fully saturated rings. The Kier molecular flexibility index (Phi) is 3.67. The molecule has 0 spiro atoms. The molecule has 102 valence electrons. The highest BCUT2D eigenvalue weighted by molar-refractivity contribution is 9.10. The topological polar surface area (TPSA) is 46.6 Å². The molecule has 1 amide bonds. The first-order valence-electron chi connectivity index (χ1n) is 6.08. The monoisotopic (exact) mass is 325 g/mol. The lowest BCUT2D eigenvalue weighted by molar-refractivity contribution is -0.108. The molecule has 0 N–H and O–H groups in total. The fourth-order valence-electron chi connectivity index (χ4n) is 2.10. The van der Waals surface area contributed by atoms with Crippen LogP contribution in [-0.2, 0) is 16.0 Å². The molecule has 0 bridgehead atoms. The van der Waals surface area contributed by atoms with Gasteiger partial charge in [0, 0.05) is 10.9 Å². The van der Waals surface area contributed by atoms with E-state index in [9.17, 15) is 9.59 Å². The van der Waals surface area contributed by atoms with Crippen molar-refractivity contribution in [2.75, 3.05) is 4.90 Å². The van der Waals surface area contributed by atoms with Gasteiger partial charge < -0.3 is 9.53 Å². The summed E-state index contributed by atoms with van der Waals surface area (Å²) in [6.07, 6.45) is 0.834. The maximum Gasteiger partial charge on any atom is 0.415 e. The van der Waals surface area contributed by atoms with Gasteiger partial charge in [0.25, 0.3) is 0 Å². The molecule has 1 aliphatic rings. The molecule has 1 aromatic carbocycles. The number of hydrogen-bond donors (Lipinski definition) is 0. The Morgan fingerprint density at radius 1 is 1.47 bits per heavy atom. The van der Waals surface area contributed by atoms with Crippen LogP contribution in [0, 0.1) is 0 Å². The number of carbonyl (C=O) groups excluding carboxylic acids is 2. The van der Waals surface area contributed by atoms with Crippen molar-refractivity contribution in [2.24, 2.45) is 0 Å². The minimum absolute atomic E-state index is 0.481. The molecule has 2 rings (SSSR count). The summed E-state index contributed by atoms with van der Waals surface area (Å²) >= 11 is 3.39. The highest BCUT2D eigenvalue weighted by Crippen LogP contribution is 2.34. The standard InChI is InChI=1S/C14H16BrNO3/c1-14(2,3)19-13(18)16-11(8-17)7-9-6-10(15)4-5-12(9)16/h4-6,8,11H,7H2,1-3H3. The number of halogens is 1. The molecule has 0 saturated heterocycles. The van der Waals surface area contributed by atoms with Gasteiger partial charge in [-0.05, 0) is 44.5 Å². The highest BCUT2D eigenvalue weighted by atomic mass is 79.9. The van der Waals surface area contributed by atoms with Crippen LogP contribution < -0.4 is 4.90 Å². The molecule has 19 heavy (non-hydrogen) atoms. The number of aldehydes is 1. The summed E-state index contributed by atoms with van der Waals surface area (Å²) in [4.78, 5) is 24.8. The SMILES string of the molecule is CC(C)(C)OC(=O)N1c2ccc(Br)cc2CC1C=O. The molecule has 0 aromatic heterocycles. The summed E-state index contributed by atoms with van der Waals surface area (Å²) in [7, 11) is 0.